The number of anilines is 2. The summed E-state index contributed by atoms with van der Waals surface area (Å²) in [6.45, 7) is 2.90. The number of hydrogen-bond acceptors (Lipinski definition) is 13. The van der Waals surface area contributed by atoms with Crippen molar-refractivity contribution >= 4 is 68.2 Å². The van der Waals surface area contributed by atoms with Crippen LogP contribution >= 0.6 is 11.3 Å². The second-order valence-electron chi connectivity index (χ2n) is 17.5. The molecule has 4 heterocycles. The number of carbonyl (C=O) groups excluding carboxylic acids is 6. The van der Waals surface area contributed by atoms with Gasteiger partial charge in [-0.3, -0.25) is 19.3 Å². The molecule has 5 aromatic carbocycles. The van der Waals surface area contributed by atoms with Gasteiger partial charge in [0.05, 0.1) is 54.2 Å². The number of fused-ring (bicyclic) bond motifs is 4. The van der Waals surface area contributed by atoms with E-state index in [2.05, 4.69) is 27.8 Å². The highest BCUT2D eigenvalue weighted by atomic mass is 32.1. The number of thiazole rings is 1. The number of aliphatic hydroxyl groups is 1. The molecule has 6 aromatic rings. The van der Waals surface area contributed by atoms with E-state index < -0.39 is 83.3 Å². The number of nitrogens with two attached hydrogens (primary N) is 1. The summed E-state index contributed by atoms with van der Waals surface area (Å²) < 4.78 is 18.4. The fourth-order valence-corrected chi connectivity index (χ4v) is 11.0. The van der Waals surface area contributed by atoms with Crippen LogP contribution in [0.3, 0.4) is 0 Å². The highest BCUT2D eigenvalue weighted by Crippen LogP contribution is 2.66. The number of esters is 2. The van der Waals surface area contributed by atoms with Crippen LogP contribution in [0.2, 0.25) is 0 Å². The number of urea groups is 2. The Balaban J connectivity index is 1.36. The van der Waals surface area contributed by atoms with Gasteiger partial charge in [0.25, 0.3) is 0 Å². The number of methoxy groups -OCH3 is 1. The lowest BCUT2D eigenvalue weighted by molar-refractivity contribution is -0.177. The zero-order valence-corrected chi connectivity index (χ0v) is 39.6. The average Bonchev–Trinajstić information content (AvgIpc) is 4.02. The van der Waals surface area contributed by atoms with Gasteiger partial charge in [-0.15, -0.1) is 0 Å². The van der Waals surface area contributed by atoms with Crippen LogP contribution in [-0.4, -0.2) is 89.8 Å². The van der Waals surface area contributed by atoms with Gasteiger partial charge in [0.15, 0.2) is 5.13 Å². The number of carbonyl (C=O) groups is 6. The third-order valence-corrected chi connectivity index (χ3v) is 13.9. The number of hydrogen-bond donors (Lipinski definition) is 5. The van der Waals surface area contributed by atoms with Crippen LogP contribution in [0.15, 0.2) is 127 Å². The van der Waals surface area contributed by atoms with Crippen LogP contribution < -0.4 is 31.3 Å². The Morgan fingerprint density at radius 3 is 2.28 bits per heavy atom. The largest absolute Gasteiger partial charge is 0.491 e. The fourth-order valence-electron chi connectivity index (χ4n) is 10.1. The zero-order valence-electron chi connectivity index (χ0n) is 38.7. The Labute approximate surface area is 412 Å². The molecule has 6 amide bonds. The number of morpholine rings is 1. The zero-order chi connectivity index (χ0) is 50.0. The molecule has 2 saturated heterocycles. The van der Waals surface area contributed by atoms with E-state index in [4.69, 9.17) is 24.9 Å². The van der Waals surface area contributed by atoms with Crippen LogP contribution in [0.1, 0.15) is 59.9 Å². The van der Waals surface area contributed by atoms with Crippen molar-refractivity contribution in [3.63, 3.8) is 0 Å². The topological polar surface area (TPSA) is 232 Å². The monoisotopic (exact) mass is 975 g/mol. The molecular formula is C53H49N7O10S. The molecule has 3 aliphatic rings. The van der Waals surface area contributed by atoms with Crippen LogP contribution in [-0.2, 0) is 34.1 Å². The number of aromatic nitrogens is 1. The lowest BCUT2D eigenvalue weighted by Crippen LogP contribution is -2.57. The van der Waals surface area contributed by atoms with Crippen molar-refractivity contribution < 1.29 is 48.1 Å². The summed E-state index contributed by atoms with van der Waals surface area (Å²) in [7, 11) is 1.19. The molecule has 0 radical (unpaired) electrons. The highest BCUT2D eigenvalue weighted by Gasteiger charge is 2.75. The summed E-state index contributed by atoms with van der Waals surface area (Å²) in [4.78, 5) is 95.5. The molecule has 17 nitrogen and oxygen atoms in total. The van der Waals surface area contributed by atoms with Gasteiger partial charge in [0.1, 0.15) is 36.0 Å². The van der Waals surface area contributed by atoms with E-state index in [1.807, 2.05) is 83.8 Å². The molecule has 1 spiro atoms. The molecular weight excluding hydrogens is 927 g/mol. The molecule has 7 atom stereocenters. The molecule has 0 saturated carbocycles. The summed E-state index contributed by atoms with van der Waals surface area (Å²) in [5.74, 6) is 0.738. The number of nitrogens with zero attached hydrogens (tertiary/aromatic N) is 3. The minimum atomic E-state index is -2.22. The first-order valence-electron chi connectivity index (χ1n) is 22.8. The number of benzene rings is 5. The van der Waals surface area contributed by atoms with Gasteiger partial charge in [0, 0.05) is 5.56 Å². The summed E-state index contributed by atoms with van der Waals surface area (Å²) in [6, 6.07) is 30.5. The Morgan fingerprint density at radius 1 is 0.887 bits per heavy atom. The summed E-state index contributed by atoms with van der Waals surface area (Å²) in [6.07, 6.45) is -1.00. The third kappa shape index (κ3) is 8.79. The molecule has 362 valence electrons. The normalized spacial score (nSPS) is 21.6. The number of rotatable bonds is 12. The average molecular weight is 976 g/mol. The van der Waals surface area contributed by atoms with Crippen LogP contribution in [0.25, 0.3) is 10.2 Å². The van der Waals surface area contributed by atoms with Crippen LogP contribution in [0.5, 0.6) is 5.75 Å². The van der Waals surface area contributed by atoms with E-state index in [-0.39, 0.29) is 36.1 Å². The van der Waals surface area contributed by atoms with Crippen molar-refractivity contribution in [2.45, 2.75) is 49.5 Å². The molecule has 0 aliphatic carbocycles. The lowest BCUT2D eigenvalue weighted by Gasteiger charge is -2.46. The van der Waals surface area contributed by atoms with Gasteiger partial charge in [-0.1, -0.05) is 122 Å². The molecule has 7 unspecified atom stereocenters. The number of imide groups is 1. The van der Waals surface area contributed by atoms with Gasteiger partial charge >= 0.3 is 24.0 Å². The first-order valence-corrected chi connectivity index (χ1v) is 23.7. The quantitative estimate of drug-likeness (QED) is 0.0713. The molecule has 71 heavy (non-hydrogen) atoms. The van der Waals surface area contributed by atoms with E-state index in [1.54, 1.807) is 56.3 Å². The van der Waals surface area contributed by atoms with Crippen molar-refractivity contribution in [1.29, 1.82) is 0 Å². The fraction of sp³-hybridized carbons (Fsp3) is 0.264. The number of cyclic esters (lactones) is 1. The van der Waals surface area contributed by atoms with E-state index in [0.717, 1.165) is 9.60 Å². The maximum absolute atomic E-state index is 16.7. The first kappa shape index (κ1) is 47.9. The van der Waals surface area contributed by atoms with Crippen molar-refractivity contribution in [2.24, 2.45) is 17.6 Å². The number of ether oxygens (including phenoxy) is 3. The highest BCUT2D eigenvalue weighted by molar-refractivity contribution is 7.22. The molecule has 9 rings (SSSR count). The third-order valence-electron chi connectivity index (χ3n) is 13.0. The van der Waals surface area contributed by atoms with Crippen LogP contribution in [0.4, 0.5) is 20.4 Å². The van der Waals surface area contributed by atoms with Crippen molar-refractivity contribution in [3.8, 4) is 17.6 Å². The second kappa shape index (κ2) is 20.1. The predicted molar refractivity (Wildman–Crippen MR) is 263 cm³/mol. The number of para-hydroxylation sites is 1. The molecule has 0 bridgehead atoms. The molecule has 2 fully saturated rings. The summed E-state index contributed by atoms with van der Waals surface area (Å²) >= 11 is 1.20. The van der Waals surface area contributed by atoms with Gasteiger partial charge < -0.3 is 41.0 Å². The molecule has 3 aliphatic heterocycles. The predicted octanol–water partition coefficient (Wildman–Crippen LogP) is 5.90. The molecule has 6 N–H and O–H groups in total. The second-order valence-corrected chi connectivity index (χ2v) is 18.5. The summed E-state index contributed by atoms with van der Waals surface area (Å²) in [5, 5.41) is 18.2. The lowest BCUT2D eigenvalue weighted by atomic mass is 9.65. The maximum Gasteiger partial charge on any atom is 0.329 e. The first-order chi connectivity index (χ1) is 34.4. The minimum Gasteiger partial charge on any atom is -0.491 e. The standard InChI is InChI=1S/C53H49N7O10S/c1-30(2)41(47(63)68-3)57-52(67)59-38-24-23-31(14-13-25-55-50(54)66)28-36(38)53(49(59)65)40(46(62)58-51-56-37-21-10-11-22-39(37)71-51)43-48(64)70-44(33-17-8-5-9-18-33)42(32-15-6-4-7-16-32)60(43)45(53)34-19-12-20-35(29-34)69-27-26-61/h4-12,15-24,28-30,40-45,61H,25-27H2,1-3H3,(H,57,67)(H3,54,55,66)(H,56,58,62). The Kier molecular flexibility index (Phi) is 13.6. The van der Waals surface area contributed by atoms with Crippen molar-refractivity contribution in [3.05, 3.63) is 155 Å². The number of aliphatic hydroxyl groups excluding tert-OH is 1. The Morgan fingerprint density at radius 2 is 1.59 bits per heavy atom. The smallest absolute Gasteiger partial charge is 0.329 e. The Bertz CT molecular complexity index is 3070. The maximum atomic E-state index is 16.7. The molecule has 1 aromatic heterocycles. The number of nitrogens with one attached hydrogen (secondary N) is 3. The number of amides is 6. The SMILES string of the molecule is COC(=O)C(NC(=O)N1C(=O)C2(c3cc(C#CCNC(N)=O)ccc31)C(C(=O)Nc1nc3ccccc3s1)C1C(=O)OC(c3ccccc3)C(c3ccccc3)N1C2c1cccc(OCCO)c1)C(C)C. The minimum absolute atomic E-state index is 0.0419. The van der Waals surface area contributed by atoms with Gasteiger partial charge in [0.2, 0.25) is 11.8 Å². The van der Waals surface area contributed by atoms with Crippen LogP contribution in [0, 0.1) is 23.7 Å². The van der Waals surface area contributed by atoms with Gasteiger partial charge in [-0.05, 0) is 70.6 Å². The van der Waals surface area contributed by atoms with Gasteiger partial charge in [-0.2, -0.15) is 0 Å². The van der Waals surface area contributed by atoms with Crippen molar-refractivity contribution in [1.82, 2.24) is 20.5 Å². The molecule has 18 heteroatoms. The van der Waals surface area contributed by atoms with E-state index in [0.29, 0.717) is 33.5 Å². The number of primary amides is 1. The Hall–Kier alpha value is -8.11. The van der Waals surface area contributed by atoms with Crippen molar-refractivity contribution in [2.75, 3.05) is 37.1 Å². The van der Waals surface area contributed by atoms with E-state index >= 15 is 19.2 Å². The van der Waals surface area contributed by atoms with E-state index in [1.165, 1.54) is 24.5 Å². The van der Waals surface area contributed by atoms with E-state index in [9.17, 15) is 14.7 Å². The van der Waals surface area contributed by atoms with Gasteiger partial charge in [-0.25, -0.2) is 24.3 Å². The summed E-state index contributed by atoms with van der Waals surface area (Å²) in [5.41, 5.74) is 5.93.